The third kappa shape index (κ3) is 2.92. The first-order chi connectivity index (χ1) is 9.54. The van der Waals surface area contributed by atoms with Crippen LogP contribution in [0.5, 0.6) is 0 Å². The number of nitrogens with two attached hydrogens (primary N) is 1. The van der Waals surface area contributed by atoms with Gasteiger partial charge in [-0.15, -0.1) is 0 Å². The Balaban J connectivity index is 2.26. The molecule has 0 bridgehead atoms. The zero-order chi connectivity index (χ0) is 14.7. The number of carbonyl (C=O) groups excluding carboxylic acids is 1. The molecule has 1 amide bonds. The van der Waals surface area contributed by atoms with Crippen LogP contribution in [0.2, 0.25) is 0 Å². The summed E-state index contributed by atoms with van der Waals surface area (Å²) >= 11 is 0. The summed E-state index contributed by atoms with van der Waals surface area (Å²) in [6.45, 7) is 2.39. The van der Waals surface area contributed by atoms with Gasteiger partial charge >= 0.3 is 0 Å². The normalized spacial score (nSPS) is 16.1. The zero-order valence-electron chi connectivity index (χ0n) is 11.7. The van der Waals surface area contributed by atoms with Crippen molar-refractivity contribution in [3.05, 3.63) is 29.3 Å². The first kappa shape index (κ1) is 14.8. The number of hydrogen-bond donors (Lipinski definition) is 1. The second kappa shape index (κ2) is 6.20. The largest absolute Gasteiger partial charge is 0.396 e. The number of nitrogens with zero attached hydrogens (tertiary/aromatic N) is 1. The molecule has 0 aromatic heterocycles. The highest BCUT2D eigenvalue weighted by Crippen LogP contribution is 2.25. The summed E-state index contributed by atoms with van der Waals surface area (Å²) in [4.78, 5) is 14.1. The SMILES string of the molecule is CCN(C(=O)c1cc(N)c(F)cc1F)C1CCCCC1. The Hall–Kier alpha value is -1.65. The Morgan fingerprint density at radius 2 is 1.90 bits per heavy atom. The highest BCUT2D eigenvalue weighted by molar-refractivity contribution is 5.95. The molecule has 0 radical (unpaired) electrons. The first-order valence-electron chi connectivity index (χ1n) is 7.10. The minimum Gasteiger partial charge on any atom is -0.396 e. The van der Waals surface area contributed by atoms with Crippen LogP contribution in [0.15, 0.2) is 12.1 Å². The lowest BCUT2D eigenvalue weighted by Crippen LogP contribution is -2.41. The smallest absolute Gasteiger partial charge is 0.257 e. The third-order valence-electron chi connectivity index (χ3n) is 3.93. The molecule has 2 N–H and O–H groups in total. The van der Waals surface area contributed by atoms with Gasteiger partial charge in [0.15, 0.2) is 0 Å². The number of rotatable bonds is 3. The highest BCUT2D eigenvalue weighted by Gasteiger charge is 2.27. The number of amides is 1. The van der Waals surface area contributed by atoms with Crippen molar-refractivity contribution in [2.75, 3.05) is 12.3 Å². The topological polar surface area (TPSA) is 46.3 Å². The molecule has 1 aliphatic rings. The van der Waals surface area contributed by atoms with E-state index in [1.165, 1.54) is 6.42 Å². The Morgan fingerprint density at radius 1 is 1.25 bits per heavy atom. The van der Waals surface area contributed by atoms with Crippen molar-refractivity contribution in [2.45, 2.75) is 45.1 Å². The van der Waals surface area contributed by atoms with Crippen LogP contribution in [-0.4, -0.2) is 23.4 Å². The van der Waals surface area contributed by atoms with E-state index in [2.05, 4.69) is 0 Å². The van der Waals surface area contributed by atoms with Gasteiger partial charge < -0.3 is 10.6 Å². The predicted octanol–water partition coefficient (Wildman–Crippen LogP) is 3.34. The molecule has 0 aliphatic heterocycles. The third-order valence-corrected chi connectivity index (χ3v) is 3.93. The fraction of sp³-hybridized carbons (Fsp3) is 0.533. The molecule has 1 aromatic carbocycles. The fourth-order valence-electron chi connectivity index (χ4n) is 2.84. The quantitative estimate of drug-likeness (QED) is 0.864. The van der Waals surface area contributed by atoms with Crippen molar-refractivity contribution in [3.63, 3.8) is 0 Å². The minimum atomic E-state index is -0.851. The van der Waals surface area contributed by atoms with Gasteiger partial charge in [0.2, 0.25) is 0 Å². The lowest BCUT2D eigenvalue weighted by molar-refractivity contribution is 0.0643. The minimum absolute atomic E-state index is 0.142. The maximum absolute atomic E-state index is 13.8. The average Bonchev–Trinajstić information content (AvgIpc) is 2.44. The van der Waals surface area contributed by atoms with Gasteiger partial charge in [0, 0.05) is 18.7 Å². The molecular formula is C15H20F2N2O. The predicted molar refractivity (Wildman–Crippen MR) is 74.4 cm³/mol. The van der Waals surface area contributed by atoms with Crippen molar-refractivity contribution in [2.24, 2.45) is 0 Å². The van der Waals surface area contributed by atoms with Gasteiger partial charge in [-0.05, 0) is 25.8 Å². The zero-order valence-corrected chi connectivity index (χ0v) is 11.7. The highest BCUT2D eigenvalue weighted by atomic mass is 19.1. The van der Waals surface area contributed by atoms with Crippen molar-refractivity contribution in [1.82, 2.24) is 4.90 Å². The van der Waals surface area contributed by atoms with Gasteiger partial charge in [0.05, 0.1) is 11.3 Å². The molecular weight excluding hydrogens is 262 g/mol. The Kier molecular flexibility index (Phi) is 4.57. The van der Waals surface area contributed by atoms with Gasteiger partial charge in [-0.3, -0.25) is 4.79 Å². The van der Waals surface area contributed by atoms with Crippen LogP contribution in [0.1, 0.15) is 49.4 Å². The first-order valence-corrected chi connectivity index (χ1v) is 7.10. The van der Waals surface area contributed by atoms with Gasteiger partial charge in [-0.2, -0.15) is 0 Å². The van der Waals surface area contributed by atoms with Crippen molar-refractivity contribution < 1.29 is 13.6 Å². The summed E-state index contributed by atoms with van der Waals surface area (Å²) in [7, 11) is 0. The molecule has 1 saturated carbocycles. The van der Waals surface area contributed by atoms with Crippen LogP contribution in [0, 0.1) is 11.6 Å². The van der Waals surface area contributed by atoms with Gasteiger partial charge in [0.25, 0.3) is 5.91 Å². The molecule has 0 atom stereocenters. The monoisotopic (exact) mass is 282 g/mol. The number of hydrogen-bond acceptors (Lipinski definition) is 2. The molecule has 5 heteroatoms. The number of carbonyl (C=O) groups is 1. The van der Waals surface area contributed by atoms with Crippen molar-refractivity contribution in [1.29, 1.82) is 0 Å². The van der Waals surface area contributed by atoms with Crippen molar-refractivity contribution >= 4 is 11.6 Å². The van der Waals surface area contributed by atoms with E-state index < -0.39 is 17.5 Å². The lowest BCUT2D eigenvalue weighted by atomic mass is 9.93. The fourth-order valence-corrected chi connectivity index (χ4v) is 2.84. The van der Waals surface area contributed by atoms with Crippen LogP contribution in [0.3, 0.4) is 0 Å². The lowest BCUT2D eigenvalue weighted by Gasteiger charge is -2.33. The molecule has 0 spiro atoms. The molecule has 1 aromatic rings. The molecule has 2 rings (SSSR count). The van der Waals surface area contributed by atoms with E-state index in [4.69, 9.17) is 5.73 Å². The second-order valence-corrected chi connectivity index (χ2v) is 5.24. The van der Waals surface area contributed by atoms with Crippen LogP contribution in [-0.2, 0) is 0 Å². The number of halogens is 2. The summed E-state index contributed by atoms with van der Waals surface area (Å²) in [6, 6.07) is 1.92. The van der Waals surface area contributed by atoms with E-state index >= 15 is 0 Å². The van der Waals surface area contributed by atoms with E-state index in [1.54, 1.807) is 4.90 Å². The van der Waals surface area contributed by atoms with Crippen LogP contribution >= 0.6 is 0 Å². The molecule has 0 saturated heterocycles. The van der Waals surface area contributed by atoms with E-state index in [-0.39, 0.29) is 17.3 Å². The summed E-state index contributed by atoms with van der Waals surface area (Å²) in [5.41, 5.74) is 5.09. The number of nitrogen functional groups attached to an aromatic ring is 1. The summed E-state index contributed by atoms with van der Waals surface area (Å²) in [5.74, 6) is -2.08. The average molecular weight is 282 g/mol. The summed E-state index contributed by atoms with van der Waals surface area (Å²) < 4.78 is 27.0. The standard InChI is InChI=1S/C15H20F2N2O/c1-2-19(10-6-4-3-5-7-10)15(20)11-8-14(18)13(17)9-12(11)16/h8-10H,2-7,18H2,1H3. The number of benzene rings is 1. The Bertz CT molecular complexity index is 499. The Labute approximate surface area is 117 Å². The molecule has 1 aliphatic carbocycles. The van der Waals surface area contributed by atoms with E-state index in [1.807, 2.05) is 6.92 Å². The molecule has 0 unspecified atom stereocenters. The molecule has 3 nitrogen and oxygen atoms in total. The Morgan fingerprint density at radius 3 is 2.50 bits per heavy atom. The molecule has 20 heavy (non-hydrogen) atoms. The van der Waals surface area contributed by atoms with E-state index in [0.717, 1.165) is 31.7 Å². The molecule has 1 fully saturated rings. The molecule has 0 heterocycles. The maximum atomic E-state index is 13.8. The van der Waals surface area contributed by atoms with Crippen LogP contribution in [0.4, 0.5) is 14.5 Å². The van der Waals surface area contributed by atoms with Crippen LogP contribution in [0.25, 0.3) is 0 Å². The molecule has 110 valence electrons. The van der Waals surface area contributed by atoms with Crippen LogP contribution < -0.4 is 5.73 Å². The summed E-state index contributed by atoms with van der Waals surface area (Å²) in [6.07, 6.45) is 5.24. The summed E-state index contributed by atoms with van der Waals surface area (Å²) in [5, 5.41) is 0. The maximum Gasteiger partial charge on any atom is 0.257 e. The van der Waals surface area contributed by atoms with Gasteiger partial charge in [0.1, 0.15) is 11.6 Å². The second-order valence-electron chi connectivity index (χ2n) is 5.24. The number of anilines is 1. The van der Waals surface area contributed by atoms with Crippen molar-refractivity contribution in [3.8, 4) is 0 Å². The van der Waals surface area contributed by atoms with Gasteiger partial charge in [-0.1, -0.05) is 19.3 Å². The van der Waals surface area contributed by atoms with Gasteiger partial charge in [-0.25, -0.2) is 8.78 Å². The van der Waals surface area contributed by atoms with E-state index in [0.29, 0.717) is 12.6 Å². The van der Waals surface area contributed by atoms with E-state index in [9.17, 15) is 13.6 Å².